The van der Waals surface area contributed by atoms with Crippen molar-refractivity contribution in [3.8, 4) is 11.1 Å². The molecule has 0 bridgehead atoms. The van der Waals surface area contributed by atoms with Crippen molar-refractivity contribution in [3.63, 3.8) is 0 Å². The van der Waals surface area contributed by atoms with Gasteiger partial charge in [-0.1, -0.05) is 36.4 Å². The van der Waals surface area contributed by atoms with Crippen LogP contribution in [-0.2, 0) is 7.05 Å². The van der Waals surface area contributed by atoms with Gasteiger partial charge in [0.25, 0.3) is 0 Å². The average Bonchev–Trinajstić information content (AvgIpc) is 3.02. The summed E-state index contributed by atoms with van der Waals surface area (Å²) in [6, 6.07) is 19.1. The summed E-state index contributed by atoms with van der Waals surface area (Å²) in [5.74, 6) is 0.909. The molecular formula is C21H20N4. The van der Waals surface area contributed by atoms with Gasteiger partial charge in [0.15, 0.2) is 0 Å². The van der Waals surface area contributed by atoms with Crippen molar-refractivity contribution in [2.45, 2.75) is 6.92 Å². The lowest BCUT2D eigenvalue weighted by atomic mass is 10.0. The van der Waals surface area contributed by atoms with Gasteiger partial charge in [-0.15, -0.1) is 0 Å². The number of hydrogen-bond acceptors (Lipinski definition) is 3. The van der Waals surface area contributed by atoms with Crippen LogP contribution in [0, 0.1) is 6.92 Å². The van der Waals surface area contributed by atoms with E-state index in [-0.39, 0.29) is 0 Å². The van der Waals surface area contributed by atoms with Crippen LogP contribution in [0.1, 0.15) is 5.56 Å². The quantitative estimate of drug-likeness (QED) is 0.546. The minimum atomic E-state index is 0.909. The molecule has 0 atom stereocenters. The molecule has 0 aliphatic heterocycles. The zero-order chi connectivity index (χ0) is 17.4. The molecule has 4 nitrogen and oxygen atoms in total. The van der Waals surface area contributed by atoms with E-state index in [4.69, 9.17) is 0 Å². The van der Waals surface area contributed by atoms with E-state index in [1.807, 2.05) is 30.2 Å². The molecule has 0 N–H and O–H groups in total. The highest BCUT2D eigenvalue weighted by atomic mass is 15.2. The van der Waals surface area contributed by atoms with E-state index in [2.05, 4.69) is 77.4 Å². The molecule has 0 aliphatic carbocycles. The van der Waals surface area contributed by atoms with Crippen molar-refractivity contribution in [2.75, 3.05) is 11.9 Å². The van der Waals surface area contributed by atoms with Crippen LogP contribution < -0.4 is 4.90 Å². The maximum absolute atomic E-state index is 4.57. The Bertz CT molecular complexity index is 1030. The first-order valence-corrected chi connectivity index (χ1v) is 8.30. The van der Waals surface area contributed by atoms with Gasteiger partial charge in [-0.3, -0.25) is 0 Å². The number of aryl methyl sites for hydroxylation is 2. The number of pyridine rings is 1. The molecule has 4 heteroatoms. The molecule has 0 unspecified atom stereocenters. The molecule has 0 amide bonds. The lowest BCUT2D eigenvalue weighted by Crippen LogP contribution is -2.12. The highest BCUT2D eigenvalue weighted by molar-refractivity contribution is 5.79. The molecule has 0 radical (unpaired) electrons. The molecule has 2 heterocycles. The normalized spacial score (nSPS) is 11.0. The van der Waals surface area contributed by atoms with Crippen molar-refractivity contribution in [2.24, 2.45) is 7.05 Å². The van der Waals surface area contributed by atoms with Crippen LogP contribution in [-0.4, -0.2) is 21.6 Å². The molecule has 4 aromatic rings. The summed E-state index contributed by atoms with van der Waals surface area (Å²) in [6.07, 6.45) is 3.64. The Morgan fingerprint density at radius 3 is 2.48 bits per heavy atom. The van der Waals surface area contributed by atoms with Crippen LogP contribution in [0.4, 0.5) is 11.5 Å². The van der Waals surface area contributed by atoms with Crippen LogP contribution in [0.5, 0.6) is 0 Å². The largest absolute Gasteiger partial charge is 0.334 e. The summed E-state index contributed by atoms with van der Waals surface area (Å²) in [5.41, 5.74) is 6.81. The SMILES string of the molecule is Cc1cc(-c2ccccc2)ccc1N(C)c1cc2c(cn1)ncn2C. The monoisotopic (exact) mass is 328 g/mol. The first kappa shape index (κ1) is 15.4. The summed E-state index contributed by atoms with van der Waals surface area (Å²) in [5, 5.41) is 0. The summed E-state index contributed by atoms with van der Waals surface area (Å²) in [6.45, 7) is 2.14. The summed E-state index contributed by atoms with van der Waals surface area (Å²) < 4.78 is 2.01. The van der Waals surface area contributed by atoms with Crippen LogP contribution in [0.2, 0.25) is 0 Å². The van der Waals surface area contributed by atoms with Crippen LogP contribution >= 0.6 is 0 Å². The molecule has 2 aromatic carbocycles. The van der Waals surface area contributed by atoms with Gasteiger partial charge in [0.05, 0.1) is 18.0 Å². The fourth-order valence-corrected chi connectivity index (χ4v) is 3.17. The Morgan fingerprint density at radius 1 is 0.920 bits per heavy atom. The highest BCUT2D eigenvalue weighted by Gasteiger charge is 2.11. The van der Waals surface area contributed by atoms with Gasteiger partial charge in [-0.2, -0.15) is 0 Å². The summed E-state index contributed by atoms with van der Waals surface area (Å²) in [4.78, 5) is 11.0. The molecule has 0 spiro atoms. The fourth-order valence-electron chi connectivity index (χ4n) is 3.17. The van der Waals surface area contributed by atoms with E-state index in [0.717, 1.165) is 22.5 Å². The Balaban J connectivity index is 1.71. The molecule has 2 aromatic heterocycles. The second kappa shape index (κ2) is 6.06. The van der Waals surface area contributed by atoms with Gasteiger partial charge in [0.1, 0.15) is 11.3 Å². The average molecular weight is 328 g/mol. The van der Waals surface area contributed by atoms with Crippen LogP contribution in [0.3, 0.4) is 0 Å². The molecule has 0 aliphatic rings. The molecule has 4 rings (SSSR count). The molecule has 25 heavy (non-hydrogen) atoms. The van der Waals surface area contributed by atoms with Crippen molar-refractivity contribution >= 4 is 22.5 Å². The third kappa shape index (κ3) is 2.76. The number of benzene rings is 2. The summed E-state index contributed by atoms with van der Waals surface area (Å²) >= 11 is 0. The molecular weight excluding hydrogens is 308 g/mol. The number of imidazole rings is 1. The van der Waals surface area contributed by atoms with Crippen molar-refractivity contribution in [1.29, 1.82) is 0 Å². The maximum atomic E-state index is 4.57. The standard InChI is InChI=1S/C21H20N4/c1-15-11-17(16-7-5-4-6-8-16)9-10-19(15)25(3)21-12-20-18(13-22-21)23-14-24(20)2/h4-14H,1-3H3. The van der Waals surface area contributed by atoms with Gasteiger partial charge >= 0.3 is 0 Å². The van der Waals surface area contributed by atoms with Gasteiger partial charge < -0.3 is 9.47 Å². The van der Waals surface area contributed by atoms with E-state index >= 15 is 0 Å². The number of hydrogen-bond donors (Lipinski definition) is 0. The third-order valence-electron chi connectivity index (χ3n) is 4.61. The number of anilines is 2. The second-order valence-electron chi connectivity index (χ2n) is 6.31. The lowest BCUT2D eigenvalue weighted by molar-refractivity contribution is 0.946. The van der Waals surface area contributed by atoms with Gasteiger partial charge in [-0.05, 0) is 35.7 Å². The maximum Gasteiger partial charge on any atom is 0.134 e. The van der Waals surface area contributed by atoms with Crippen LogP contribution in [0.15, 0.2) is 67.1 Å². The summed E-state index contributed by atoms with van der Waals surface area (Å²) in [7, 11) is 4.05. The van der Waals surface area contributed by atoms with Gasteiger partial charge in [-0.25, -0.2) is 9.97 Å². The van der Waals surface area contributed by atoms with E-state index in [0.29, 0.717) is 0 Å². The van der Waals surface area contributed by atoms with E-state index in [9.17, 15) is 0 Å². The predicted molar refractivity (Wildman–Crippen MR) is 103 cm³/mol. The number of nitrogens with zero attached hydrogens (tertiary/aromatic N) is 4. The van der Waals surface area contributed by atoms with Crippen molar-refractivity contribution in [3.05, 3.63) is 72.7 Å². The van der Waals surface area contributed by atoms with E-state index < -0.39 is 0 Å². The van der Waals surface area contributed by atoms with Gasteiger partial charge in [0, 0.05) is 25.8 Å². The first-order valence-electron chi connectivity index (χ1n) is 8.30. The smallest absolute Gasteiger partial charge is 0.134 e. The fraction of sp³-hybridized carbons (Fsp3) is 0.143. The highest BCUT2D eigenvalue weighted by Crippen LogP contribution is 2.30. The van der Waals surface area contributed by atoms with Crippen LogP contribution in [0.25, 0.3) is 22.2 Å². The Hall–Kier alpha value is -3.14. The Labute approximate surface area is 147 Å². The predicted octanol–water partition coefficient (Wildman–Crippen LogP) is 4.71. The molecule has 0 fully saturated rings. The second-order valence-corrected chi connectivity index (χ2v) is 6.31. The molecule has 0 saturated heterocycles. The van der Waals surface area contributed by atoms with E-state index in [1.54, 1.807) is 0 Å². The van der Waals surface area contributed by atoms with Crippen molar-refractivity contribution in [1.82, 2.24) is 14.5 Å². The topological polar surface area (TPSA) is 34.0 Å². The molecule has 124 valence electrons. The number of fused-ring (bicyclic) bond motifs is 1. The minimum Gasteiger partial charge on any atom is -0.334 e. The minimum absolute atomic E-state index is 0.909. The van der Waals surface area contributed by atoms with Crippen molar-refractivity contribution < 1.29 is 0 Å². The Kier molecular flexibility index (Phi) is 3.73. The zero-order valence-electron chi connectivity index (χ0n) is 14.6. The number of rotatable bonds is 3. The number of aromatic nitrogens is 3. The molecule has 0 saturated carbocycles. The third-order valence-corrected chi connectivity index (χ3v) is 4.61. The van der Waals surface area contributed by atoms with E-state index in [1.165, 1.54) is 16.7 Å². The van der Waals surface area contributed by atoms with Gasteiger partial charge in [0.2, 0.25) is 0 Å². The first-order chi connectivity index (χ1) is 12.1. The lowest BCUT2D eigenvalue weighted by Gasteiger charge is -2.21. The zero-order valence-corrected chi connectivity index (χ0v) is 14.6. The Morgan fingerprint density at radius 2 is 1.72 bits per heavy atom.